The van der Waals surface area contributed by atoms with Crippen LogP contribution in [0.5, 0.6) is 5.75 Å². The van der Waals surface area contributed by atoms with Crippen LogP contribution in [0.15, 0.2) is 48.6 Å². The summed E-state index contributed by atoms with van der Waals surface area (Å²) >= 11 is 0. The number of ether oxygens (including phenoxy) is 1. The predicted octanol–water partition coefficient (Wildman–Crippen LogP) is 3.21. The Bertz CT molecular complexity index is 398. The van der Waals surface area contributed by atoms with Gasteiger partial charge in [-0.05, 0) is 12.1 Å². The quantitative estimate of drug-likeness (QED) is 0.775. The number of para-hydroxylation sites is 2. The average Bonchev–Trinajstić information content (AvgIpc) is 2.17. The Morgan fingerprint density at radius 1 is 1.43 bits per heavy atom. The minimum Gasteiger partial charge on any atom is -0.458 e. The van der Waals surface area contributed by atoms with Crippen LogP contribution in [-0.4, -0.2) is 0 Å². The molecule has 0 radical (unpaired) electrons. The van der Waals surface area contributed by atoms with Gasteiger partial charge in [0.2, 0.25) is 0 Å². The lowest BCUT2D eigenvalue weighted by Crippen LogP contribution is -2.06. The van der Waals surface area contributed by atoms with Gasteiger partial charge in [-0.15, -0.1) is 0 Å². The molecule has 1 aromatic rings. The van der Waals surface area contributed by atoms with E-state index in [9.17, 15) is 4.39 Å². The highest BCUT2D eigenvalue weighted by atomic mass is 19.1. The van der Waals surface area contributed by atoms with Crippen LogP contribution in [0, 0.1) is 0 Å². The third-order valence-corrected chi connectivity index (χ3v) is 1.88. The molecule has 14 heavy (non-hydrogen) atoms. The standard InChI is InChI=1S/C11H10FNO/c1-8(12)6-9-7-13-10-4-2-3-5-11(10)14-9/h2-5,7,13H,1,6H2. The maximum absolute atomic E-state index is 12.5. The highest BCUT2D eigenvalue weighted by Crippen LogP contribution is 2.30. The monoisotopic (exact) mass is 191 g/mol. The third-order valence-electron chi connectivity index (χ3n) is 1.88. The molecule has 0 amide bonds. The van der Waals surface area contributed by atoms with Crippen molar-refractivity contribution in [3.63, 3.8) is 0 Å². The van der Waals surface area contributed by atoms with Crippen molar-refractivity contribution in [2.75, 3.05) is 5.32 Å². The molecule has 1 aliphatic rings. The van der Waals surface area contributed by atoms with Crippen molar-refractivity contribution in [2.24, 2.45) is 0 Å². The van der Waals surface area contributed by atoms with E-state index in [4.69, 9.17) is 4.74 Å². The number of rotatable bonds is 2. The van der Waals surface area contributed by atoms with E-state index in [-0.39, 0.29) is 6.42 Å². The zero-order valence-corrected chi connectivity index (χ0v) is 7.59. The van der Waals surface area contributed by atoms with Crippen molar-refractivity contribution in [1.82, 2.24) is 0 Å². The minimum absolute atomic E-state index is 0.112. The number of benzene rings is 1. The Balaban J connectivity index is 2.17. The second-order valence-corrected chi connectivity index (χ2v) is 3.05. The molecule has 1 heterocycles. The SMILES string of the molecule is C=C(F)CC1=CNc2ccccc2O1. The first-order chi connectivity index (χ1) is 6.75. The minimum atomic E-state index is -0.405. The predicted molar refractivity (Wildman–Crippen MR) is 53.6 cm³/mol. The molecule has 72 valence electrons. The molecule has 1 aromatic carbocycles. The van der Waals surface area contributed by atoms with Gasteiger partial charge in [0.25, 0.3) is 0 Å². The van der Waals surface area contributed by atoms with Gasteiger partial charge in [0.15, 0.2) is 0 Å². The normalized spacial score (nSPS) is 13.4. The molecule has 0 bridgehead atoms. The largest absolute Gasteiger partial charge is 0.458 e. The summed E-state index contributed by atoms with van der Waals surface area (Å²) in [6.07, 6.45) is 1.76. The van der Waals surface area contributed by atoms with Crippen LogP contribution in [0.3, 0.4) is 0 Å². The smallest absolute Gasteiger partial charge is 0.150 e. The van der Waals surface area contributed by atoms with Gasteiger partial charge in [-0.1, -0.05) is 18.7 Å². The van der Waals surface area contributed by atoms with Crippen molar-refractivity contribution in [1.29, 1.82) is 0 Å². The zero-order chi connectivity index (χ0) is 9.97. The number of allylic oxidation sites excluding steroid dienone is 1. The van der Waals surface area contributed by atoms with Gasteiger partial charge in [0.1, 0.15) is 17.3 Å². The maximum Gasteiger partial charge on any atom is 0.150 e. The molecule has 0 saturated heterocycles. The Hall–Kier alpha value is -1.77. The summed E-state index contributed by atoms with van der Waals surface area (Å²) in [5, 5.41) is 3.02. The van der Waals surface area contributed by atoms with Crippen LogP contribution in [0.2, 0.25) is 0 Å². The summed E-state index contributed by atoms with van der Waals surface area (Å²) < 4.78 is 18.0. The lowest BCUT2D eigenvalue weighted by atomic mass is 10.2. The average molecular weight is 191 g/mol. The fourth-order valence-electron chi connectivity index (χ4n) is 1.28. The summed E-state index contributed by atoms with van der Waals surface area (Å²) in [6.45, 7) is 3.19. The maximum atomic E-state index is 12.5. The number of hydrogen-bond donors (Lipinski definition) is 1. The van der Waals surface area contributed by atoms with Crippen molar-refractivity contribution < 1.29 is 9.13 Å². The Kier molecular flexibility index (Phi) is 2.23. The molecule has 2 nitrogen and oxygen atoms in total. The highest BCUT2D eigenvalue weighted by molar-refractivity contribution is 5.60. The number of nitrogens with one attached hydrogen (secondary N) is 1. The molecule has 1 N–H and O–H groups in total. The number of anilines is 1. The van der Waals surface area contributed by atoms with Gasteiger partial charge in [0.05, 0.1) is 12.1 Å². The van der Waals surface area contributed by atoms with Crippen LogP contribution in [0.1, 0.15) is 6.42 Å². The van der Waals surface area contributed by atoms with Gasteiger partial charge in [-0.2, -0.15) is 0 Å². The van der Waals surface area contributed by atoms with E-state index >= 15 is 0 Å². The molecular formula is C11H10FNO. The van der Waals surface area contributed by atoms with E-state index in [0.717, 1.165) is 5.69 Å². The van der Waals surface area contributed by atoms with Crippen LogP contribution < -0.4 is 10.1 Å². The first-order valence-corrected chi connectivity index (χ1v) is 4.31. The third kappa shape index (κ3) is 1.76. The van der Waals surface area contributed by atoms with Crippen molar-refractivity contribution >= 4 is 5.69 Å². The van der Waals surface area contributed by atoms with Crippen LogP contribution in [0.4, 0.5) is 10.1 Å². The van der Waals surface area contributed by atoms with Gasteiger partial charge >= 0.3 is 0 Å². The first kappa shape index (κ1) is 8.81. The van der Waals surface area contributed by atoms with Crippen molar-refractivity contribution in [3.05, 3.63) is 48.6 Å². The fourth-order valence-corrected chi connectivity index (χ4v) is 1.28. The fraction of sp³-hybridized carbons (Fsp3) is 0.0909. The summed E-state index contributed by atoms with van der Waals surface area (Å²) in [4.78, 5) is 0. The zero-order valence-electron chi connectivity index (χ0n) is 7.59. The Morgan fingerprint density at radius 2 is 2.21 bits per heavy atom. The first-order valence-electron chi connectivity index (χ1n) is 4.31. The lowest BCUT2D eigenvalue weighted by Gasteiger charge is -2.18. The van der Waals surface area contributed by atoms with E-state index in [1.807, 2.05) is 24.3 Å². The van der Waals surface area contributed by atoms with Crippen molar-refractivity contribution in [3.8, 4) is 5.75 Å². The summed E-state index contributed by atoms with van der Waals surface area (Å²) in [5.74, 6) is 0.847. The second-order valence-electron chi connectivity index (χ2n) is 3.05. The van der Waals surface area contributed by atoms with Gasteiger partial charge in [-0.25, -0.2) is 4.39 Å². The molecule has 2 rings (SSSR count). The summed E-state index contributed by atoms with van der Waals surface area (Å²) in [5.41, 5.74) is 0.890. The number of fused-ring (bicyclic) bond motifs is 1. The molecule has 0 unspecified atom stereocenters. The van der Waals surface area contributed by atoms with Gasteiger partial charge < -0.3 is 10.1 Å². The summed E-state index contributed by atoms with van der Waals surface area (Å²) in [6, 6.07) is 7.50. The molecule has 1 aliphatic heterocycles. The summed E-state index contributed by atoms with van der Waals surface area (Å²) in [7, 11) is 0. The van der Waals surface area contributed by atoms with Crippen molar-refractivity contribution in [2.45, 2.75) is 6.42 Å². The Morgan fingerprint density at radius 3 is 3.00 bits per heavy atom. The molecular weight excluding hydrogens is 181 g/mol. The molecule has 0 saturated carbocycles. The number of hydrogen-bond acceptors (Lipinski definition) is 2. The lowest BCUT2D eigenvalue weighted by molar-refractivity contribution is 0.395. The Labute approximate surface area is 81.7 Å². The van der Waals surface area contributed by atoms with E-state index in [0.29, 0.717) is 11.5 Å². The van der Waals surface area contributed by atoms with E-state index in [2.05, 4.69) is 11.9 Å². The van der Waals surface area contributed by atoms with Crippen LogP contribution in [-0.2, 0) is 0 Å². The number of halogens is 1. The topological polar surface area (TPSA) is 21.3 Å². The molecule has 0 spiro atoms. The van der Waals surface area contributed by atoms with Crippen LogP contribution >= 0.6 is 0 Å². The van der Waals surface area contributed by atoms with Gasteiger partial charge in [0, 0.05) is 6.20 Å². The molecule has 0 atom stereocenters. The highest BCUT2D eigenvalue weighted by Gasteiger charge is 2.11. The van der Waals surface area contributed by atoms with Crippen LogP contribution in [0.25, 0.3) is 0 Å². The van der Waals surface area contributed by atoms with Gasteiger partial charge in [-0.3, -0.25) is 0 Å². The van der Waals surface area contributed by atoms with E-state index in [1.54, 1.807) is 6.20 Å². The van der Waals surface area contributed by atoms with E-state index < -0.39 is 5.83 Å². The molecule has 0 fully saturated rings. The molecule has 0 aliphatic carbocycles. The second kappa shape index (κ2) is 3.54. The van der Waals surface area contributed by atoms with E-state index in [1.165, 1.54) is 0 Å². The molecule has 0 aromatic heterocycles. The molecule has 3 heteroatoms.